The minimum absolute atomic E-state index is 0.0605. The molecule has 0 fully saturated rings. The second-order valence-corrected chi connectivity index (χ2v) is 4.89. The summed E-state index contributed by atoms with van der Waals surface area (Å²) in [6.45, 7) is 9.65. The fraction of sp³-hybridized carbons (Fsp3) is 0.800. The van der Waals surface area contributed by atoms with E-state index in [9.17, 15) is 0 Å². The van der Waals surface area contributed by atoms with Gasteiger partial charge in [0, 0.05) is 12.1 Å². The molecule has 5 heteroatoms. The summed E-state index contributed by atoms with van der Waals surface area (Å²) < 4.78 is 8.12. The number of nitrogens with zero attached hydrogens (tertiary/aromatic N) is 2. The van der Waals surface area contributed by atoms with Crippen molar-refractivity contribution in [2.24, 2.45) is 0 Å². The van der Waals surface area contributed by atoms with Crippen molar-refractivity contribution in [1.82, 2.24) is 14.8 Å². The average molecular weight is 229 g/mol. The number of hydrogen-bond donors (Lipinski definition) is 1. The first kappa shape index (κ1) is 12.4. The van der Waals surface area contributed by atoms with Gasteiger partial charge in [0.05, 0.1) is 0 Å². The molecule has 0 aliphatic heterocycles. The lowest BCUT2D eigenvalue weighted by atomic mass is 10.1. The third kappa shape index (κ3) is 3.14. The van der Waals surface area contributed by atoms with E-state index in [1.807, 2.05) is 4.57 Å². The fourth-order valence-corrected chi connectivity index (χ4v) is 1.85. The van der Waals surface area contributed by atoms with Gasteiger partial charge in [-0.1, -0.05) is 6.92 Å². The highest BCUT2D eigenvalue weighted by Crippen LogP contribution is 2.16. The van der Waals surface area contributed by atoms with Crippen LogP contribution in [0.3, 0.4) is 0 Å². The Balaban J connectivity index is 2.85. The van der Waals surface area contributed by atoms with Gasteiger partial charge in [0.25, 0.3) is 0 Å². The number of nitrogens with one attached hydrogen (secondary N) is 1. The van der Waals surface area contributed by atoms with Crippen molar-refractivity contribution >= 4 is 12.2 Å². The maximum Gasteiger partial charge on any atom is 0.195 e. The Bertz CT molecular complexity index is 361. The average Bonchev–Trinajstić information content (AvgIpc) is 2.47. The zero-order valence-electron chi connectivity index (χ0n) is 9.83. The Morgan fingerprint density at radius 2 is 2.13 bits per heavy atom. The Morgan fingerprint density at radius 1 is 1.47 bits per heavy atom. The molecule has 0 aromatic carbocycles. The lowest BCUT2D eigenvalue weighted by molar-refractivity contribution is 0.110. The Kier molecular flexibility index (Phi) is 4.04. The monoisotopic (exact) mass is 229 g/mol. The summed E-state index contributed by atoms with van der Waals surface area (Å²) in [7, 11) is 0. The molecule has 1 aromatic rings. The van der Waals surface area contributed by atoms with Gasteiger partial charge < -0.3 is 4.74 Å². The van der Waals surface area contributed by atoms with Crippen LogP contribution in [0.5, 0.6) is 0 Å². The Morgan fingerprint density at radius 3 is 2.67 bits per heavy atom. The highest BCUT2D eigenvalue weighted by atomic mass is 32.1. The molecule has 1 N–H and O–H groups in total. The van der Waals surface area contributed by atoms with E-state index in [-0.39, 0.29) is 5.54 Å². The third-order valence-electron chi connectivity index (χ3n) is 1.99. The molecule has 1 rings (SSSR count). The van der Waals surface area contributed by atoms with Crippen molar-refractivity contribution in [3.8, 4) is 0 Å². The highest BCUT2D eigenvalue weighted by molar-refractivity contribution is 7.71. The van der Waals surface area contributed by atoms with E-state index < -0.39 is 0 Å². The summed E-state index contributed by atoms with van der Waals surface area (Å²) in [4.78, 5) is 0. The standard InChI is InChI=1S/C10H19N3OS/c1-5-6-14-7-8-11-12-9(15)13(8)10(2,3)4/h5-7H2,1-4H3,(H,12,15). The van der Waals surface area contributed by atoms with Gasteiger partial charge in [-0.2, -0.15) is 5.10 Å². The molecule has 15 heavy (non-hydrogen) atoms. The topological polar surface area (TPSA) is 42.8 Å². The van der Waals surface area contributed by atoms with Crippen molar-refractivity contribution in [2.45, 2.75) is 46.3 Å². The van der Waals surface area contributed by atoms with Crippen LogP contribution in [-0.2, 0) is 16.9 Å². The molecule has 86 valence electrons. The quantitative estimate of drug-likeness (QED) is 0.637. The van der Waals surface area contributed by atoms with Crippen LogP contribution in [-0.4, -0.2) is 21.4 Å². The van der Waals surface area contributed by atoms with Crippen LogP contribution in [0.1, 0.15) is 39.9 Å². The molecule has 0 bridgehead atoms. The zero-order valence-corrected chi connectivity index (χ0v) is 10.6. The second kappa shape index (κ2) is 4.90. The molecule has 0 amide bonds. The zero-order chi connectivity index (χ0) is 11.5. The maximum absolute atomic E-state index is 5.47. The van der Waals surface area contributed by atoms with E-state index in [0.29, 0.717) is 11.4 Å². The van der Waals surface area contributed by atoms with Crippen LogP contribution < -0.4 is 0 Å². The largest absolute Gasteiger partial charge is 0.373 e. The molecule has 0 saturated heterocycles. The first-order valence-electron chi connectivity index (χ1n) is 5.21. The normalized spacial score (nSPS) is 12.0. The molecular formula is C10H19N3OS. The summed E-state index contributed by atoms with van der Waals surface area (Å²) in [6, 6.07) is 0. The van der Waals surface area contributed by atoms with Gasteiger partial charge in [0.15, 0.2) is 10.6 Å². The maximum atomic E-state index is 5.47. The Labute approximate surface area is 95.7 Å². The van der Waals surface area contributed by atoms with Gasteiger partial charge >= 0.3 is 0 Å². The molecule has 0 radical (unpaired) electrons. The highest BCUT2D eigenvalue weighted by Gasteiger charge is 2.18. The van der Waals surface area contributed by atoms with E-state index in [4.69, 9.17) is 17.0 Å². The molecular weight excluding hydrogens is 210 g/mol. The number of H-pyrrole nitrogens is 1. The molecule has 4 nitrogen and oxygen atoms in total. The predicted octanol–water partition coefficient (Wildman–Crippen LogP) is 2.62. The number of aromatic nitrogens is 3. The predicted molar refractivity (Wildman–Crippen MR) is 62.4 cm³/mol. The van der Waals surface area contributed by atoms with Crippen LogP contribution >= 0.6 is 12.2 Å². The van der Waals surface area contributed by atoms with Crippen molar-refractivity contribution in [3.05, 3.63) is 10.6 Å². The van der Waals surface area contributed by atoms with Crippen molar-refractivity contribution in [3.63, 3.8) is 0 Å². The molecule has 1 aromatic heterocycles. The van der Waals surface area contributed by atoms with Crippen LogP contribution in [0.2, 0.25) is 0 Å². The van der Waals surface area contributed by atoms with E-state index >= 15 is 0 Å². The van der Waals surface area contributed by atoms with Crippen LogP contribution in [0.4, 0.5) is 0 Å². The van der Waals surface area contributed by atoms with E-state index in [0.717, 1.165) is 18.9 Å². The molecule has 0 aliphatic carbocycles. The van der Waals surface area contributed by atoms with E-state index in [1.165, 1.54) is 0 Å². The van der Waals surface area contributed by atoms with Crippen LogP contribution in [0.25, 0.3) is 0 Å². The molecule has 0 saturated carbocycles. The van der Waals surface area contributed by atoms with Gasteiger partial charge in [-0.3, -0.25) is 9.67 Å². The number of hydrogen-bond acceptors (Lipinski definition) is 3. The summed E-state index contributed by atoms with van der Waals surface area (Å²) >= 11 is 5.19. The lowest BCUT2D eigenvalue weighted by Crippen LogP contribution is -2.24. The smallest absolute Gasteiger partial charge is 0.195 e. The molecule has 1 heterocycles. The van der Waals surface area contributed by atoms with Crippen molar-refractivity contribution in [1.29, 1.82) is 0 Å². The summed E-state index contributed by atoms with van der Waals surface area (Å²) in [5.41, 5.74) is -0.0605. The number of aromatic amines is 1. The van der Waals surface area contributed by atoms with Gasteiger partial charge in [0.2, 0.25) is 0 Å². The fourth-order valence-electron chi connectivity index (χ4n) is 1.43. The molecule has 0 spiro atoms. The summed E-state index contributed by atoms with van der Waals surface area (Å²) in [6.07, 6.45) is 1.01. The minimum Gasteiger partial charge on any atom is -0.373 e. The SMILES string of the molecule is CCCOCc1n[nH]c(=S)n1C(C)(C)C. The first-order chi connectivity index (χ1) is 6.96. The molecule has 0 atom stereocenters. The van der Waals surface area contributed by atoms with Gasteiger partial charge in [-0.25, -0.2) is 0 Å². The van der Waals surface area contributed by atoms with Crippen LogP contribution in [0.15, 0.2) is 0 Å². The minimum atomic E-state index is -0.0605. The molecule has 0 aliphatic rings. The number of ether oxygens (including phenoxy) is 1. The van der Waals surface area contributed by atoms with Crippen LogP contribution in [0, 0.1) is 4.77 Å². The second-order valence-electron chi connectivity index (χ2n) is 4.50. The van der Waals surface area contributed by atoms with Gasteiger partial charge in [-0.15, -0.1) is 0 Å². The van der Waals surface area contributed by atoms with Gasteiger partial charge in [0.1, 0.15) is 6.61 Å². The Hall–Kier alpha value is -0.680. The number of rotatable bonds is 4. The first-order valence-corrected chi connectivity index (χ1v) is 5.62. The lowest BCUT2D eigenvalue weighted by Gasteiger charge is -2.22. The van der Waals surface area contributed by atoms with Crippen molar-refractivity contribution < 1.29 is 4.74 Å². The van der Waals surface area contributed by atoms with Crippen molar-refractivity contribution in [2.75, 3.05) is 6.61 Å². The van der Waals surface area contributed by atoms with E-state index in [2.05, 4.69) is 37.9 Å². The van der Waals surface area contributed by atoms with Gasteiger partial charge in [-0.05, 0) is 39.4 Å². The summed E-state index contributed by atoms with van der Waals surface area (Å²) in [5.74, 6) is 0.862. The third-order valence-corrected chi connectivity index (χ3v) is 2.27. The molecule has 0 unspecified atom stereocenters. The van der Waals surface area contributed by atoms with E-state index in [1.54, 1.807) is 0 Å². The summed E-state index contributed by atoms with van der Waals surface area (Å²) in [5, 5.41) is 6.98.